The molecule has 1 aromatic rings. The number of anilines is 1. The lowest BCUT2D eigenvalue weighted by Crippen LogP contribution is -2.60. The summed E-state index contributed by atoms with van der Waals surface area (Å²) in [7, 11) is 0. The maximum Gasteiger partial charge on any atom is 0.322 e. The zero-order chi connectivity index (χ0) is 13.7. The normalized spacial score (nSPS) is 38.0. The van der Waals surface area contributed by atoms with Crippen LogP contribution in [0.3, 0.4) is 0 Å². The van der Waals surface area contributed by atoms with Crippen LogP contribution in [0.5, 0.6) is 0 Å². The molecule has 4 aliphatic rings. The number of nitrogens with zero attached hydrogens (tertiary/aromatic N) is 2. The quantitative estimate of drug-likeness (QED) is 0.773. The van der Waals surface area contributed by atoms with E-state index in [4.69, 9.17) is 0 Å². The van der Waals surface area contributed by atoms with E-state index in [1.165, 1.54) is 19.3 Å². The third-order valence-electron chi connectivity index (χ3n) is 5.24. The molecule has 0 atom stereocenters. The highest BCUT2D eigenvalue weighted by Crippen LogP contribution is 2.55. The summed E-state index contributed by atoms with van der Waals surface area (Å²) in [5.74, 6) is 3.53. The van der Waals surface area contributed by atoms with Gasteiger partial charge in [-0.1, -0.05) is 0 Å². The first-order valence-electron chi connectivity index (χ1n) is 7.58. The van der Waals surface area contributed by atoms with Gasteiger partial charge in [0.1, 0.15) is 5.82 Å². The van der Waals surface area contributed by atoms with E-state index in [2.05, 4.69) is 25.8 Å². The zero-order valence-corrected chi connectivity index (χ0v) is 11.8. The maximum atomic E-state index is 12.2. The second-order valence-corrected chi connectivity index (χ2v) is 7.02. The Morgan fingerprint density at radius 1 is 1.20 bits per heavy atom. The number of urea groups is 1. The molecule has 5 rings (SSSR count). The van der Waals surface area contributed by atoms with Gasteiger partial charge >= 0.3 is 6.03 Å². The number of rotatable bonds is 2. The number of carbonyl (C=O) groups is 1. The molecule has 6 nitrogen and oxygen atoms in total. The summed E-state index contributed by atoms with van der Waals surface area (Å²) in [4.78, 5) is 16.3. The van der Waals surface area contributed by atoms with Crippen LogP contribution in [0.4, 0.5) is 10.7 Å². The van der Waals surface area contributed by atoms with E-state index in [0.717, 1.165) is 37.0 Å². The fraction of sp³-hybridized carbons (Fsp3) is 0.786. The van der Waals surface area contributed by atoms with Crippen molar-refractivity contribution < 1.29 is 4.79 Å². The van der Waals surface area contributed by atoms with Crippen molar-refractivity contribution in [2.45, 2.75) is 51.0 Å². The predicted octanol–water partition coefficient (Wildman–Crippen LogP) is 2.20. The van der Waals surface area contributed by atoms with Gasteiger partial charge in [0.05, 0.1) is 0 Å². The topological polar surface area (TPSA) is 82.7 Å². The average Bonchev–Trinajstić information content (AvgIpc) is 2.71. The number of hydrogen-bond donors (Lipinski definition) is 3. The summed E-state index contributed by atoms with van der Waals surface area (Å²) in [6.45, 7) is 1.81. The van der Waals surface area contributed by atoms with Crippen LogP contribution in [0.1, 0.15) is 44.3 Å². The molecule has 1 aromatic heterocycles. The van der Waals surface area contributed by atoms with E-state index in [1.54, 1.807) is 0 Å². The first-order valence-corrected chi connectivity index (χ1v) is 7.58. The lowest BCUT2D eigenvalue weighted by atomic mass is 9.53. The van der Waals surface area contributed by atoms with Gasteiger partial charge in [-0.25, -0.2) is 4.79 Å². The Bertz CT molecular complexity index is 502. The van der Waals surface area contributed by atoms with Crippen molar-refractivity contribution in [1.29, 1.82) is 0 Å². The van der Waals surface area contributed by atoms with Gasteiger partial charge in [0.2, 0.25) is 5.95 Å². The lowest BCUT2D eigenvalue weighted by molar-refractivity contribution is -0.0127. The third kappa shape index (κ3) is 2.07. The molecule has 6 heteroatoms. The molecular weight excluding hydrogens is 254 g/mol. The van der Waals surface area contributed by atoms with Gasteiger partial charge < -0.3 is 5.32 Å². The molecule has 0 aromatic carbocycles. The fourth-order valence-electron chi connectivity index (χ4n) is 5.04. The van der Waals surface area contributed by atoms with Gasteiger partial charge in [-0.2, -0.15) is 4.98 Å². The number of amides is 2. The second-order valence-electron chi connectivity index (χ2n) is 7.02. The molecule has 4 saturated carbocycles. The van der Waals surface area contributed by atoms with Crippen molar-refractivity contribution in [3.63, 3.8) is 0 Å². The van der Waals surface area contributed by atoms with Crippen molar-refractivity contribution in [1.82, 2.24) is 20.5 Å². The number of carbonyl (C=O) groups excluding carboxylic acids is 1. The summed E-state index contributed by atoms with van der Waals surface area (Å²) < 4.78 is 0. The molecule has 0 spiro atoms. The summed E-state index contributed by atoms with van der Waals surface area (Å²) in [5.41, 5.74) is 0.0319. The number of nitrogens with one attached hydrogen (secondary N) is 3. The van der Waals surface area contributed by atoms with Crippen molar-refractivity contribution >= 4 is 12.0 Å². The Labute approximate surface area is 118 Å². The van der Waals surface area contributed by atoms with Crippen molar-refractivity contribution in [3.8, 4) is 0 Å². The van der Waals surface area contributed by atoms with Crippen LogP contribution in [0, 0.1) is 24.7 Å². The number of aromatic nitrogens is 3. The number of aromatic amines is 1. The van der Waals surface area contributed by atoms with Crippen LogP contribution in [0.25, 0.3) is 0 Å². The van der Waals surface area contributed by atoms with Gasteiger partial charge in [0.25, 0.3) is 0 Å². The Morgan fingerprint density at radius 2 is 1.80 bits per heavy atom. The van der Waals surface area contributed by atoms with Crippen LogP contribution in [-0.2, 0) is 0 Å². The van der Waals surface area contributed by atoms with Crippen molar-refractivity contribution in [2.75, 3.05) is 5.32 Å². The van der Waals surface area contributed by atoms with Gasteiger partial charge in [0.15, 0.2) is 0 Å². The largest absolute Gasteiger partial charge is 0.332 e. The molecule has 108 valence electrons. The highest BCUT2D eigenvalue weighted by molar-refractivity contribution is 5.87. The third-order valence-corrected chi connectivity index (χ3v) is 5.24. The van der Waals surface area contributed by atoms with E-state index >= 15 is 0 Å². The fourth-order valence-corrected chi connectivity index (χ4v) is 5.04. The SMILES string of the molecule is Cc1nc(NC(=O)NC23CC4CC(CC(C4)C2)C3)n[nH]1. The number of hydrogen-bond acceptors (Lipinski definition) is 3. The monoisotopic (exact) mass is 275 g/mol. The zero-order valence-electron chi connectivity index (χ0n) is 11.8. The Morgan fingerprint density at radius 3 is 2.30 bits per heavy atom. The summed E-state index contributed by atoms with van der Waals surface area (Å²) in [6, 6.07) is -0.161. The Balaban J connectivity index is 1.44. The Kier molecular flexibility index (Phi) is 2.56. The standard InChI is InChI=1S/C14H21N5O/c1-8-15-12(19-18-8)16-13(20)17-14-5-9-2-10(6-14)4-11(3-9)7-14/h9-11H,2-7H2,1H3,(H3,15,16,17,18,19,20). The molecule has 4 bridgehead atoms. The molecule has 2 amide bonds. The first-order chi connectivity index (χ1) is 9.60. The van der Waals surface area contributed by atoms with E-state index < -0.39 is 0 Å². The van der Waals surface area contributed by atoms with Gasteiger partial charge in [-0.3, -0.25) is 10.4 Å². The van der Waals surface area contributed by atoms with Crippen LogP contribution >= 0.6 is 0 Å². The predicted molar refractivity (Wildman–Crippen MR) is 74.2 cm³/mol. The average molecular weight is 275 g/mol. The number of aryl methyl sites for hydroxylation is 1. The molecule has 3 N–H and O–H groups in total. The van der Waals surface area contributed by atoms with E-state index in [0.29, 0.717) is 11.8 Å². The molecule has 0 unspecified atom stereocenters. The van der Waals surface area contributed by atoms with E-state index in [9.17, 15) is 4.79 Å². The molecule has 4 aliphatic carbocycles. The summed E-state index contributed by atoms with van der Waals surface area (Å²) in [6.07, 6.45) is 7.59. The smallest absolute Gasteiger partial charge is 0.322 e. The van der Waals surface area contributed by atoms with E-state index in [1.807, 2.05) is 6.92 Å². The molecule has 0 radical (unpaired) electrons. The summed E-state index contributed by atoms with van der Waals surface area (Å²) >= 11 is 0. The molecule has 20 heavy (non-hydrogen) atoms. The van der Waals surface area contributed by atoms with Crippen LogP contribution in [0.15, 0.2) is 0 Å². The van der Waals surface area contributed by atoms with Gasteiger partial charge in [0, 0.05) is 5.54 Å². The van der Waals surface area contributed by atoms with Crippen molar-refractivity contribution in [2.24, 2.45) is 17.8 Å². The molecule has 4 fully saturated rings. The molecular formula is C14H21N5O. The molecule has 0 aliphatic heterocycles. The summed E-state index contributed by atoms with van der Waals surface area (Å²) in [5, 5.41) is 12.6. The highest BCUT2D eigenvalue weighted by atomic mass is 16.2. The minimum absolute atomic E-state index is 0.0319. The minimum atomic E-state index is -0.161. The van der Waals surface area contributed by atoms with Crippen LogP contribution in [0.2, 0.25) is 0 Å². The second kappa shape index (κ2) is 4.20. The van der Waals surface area contributed by atoms with E-state index in [-0.39, 0.29) is 11.6 Å². The molecule has 1 heterocycles. The maximum absolute atomic E-state index is 12.2. The Hall–Kier alpha value is -1.59. The minimum Gasteiger partial charge on any atom is -0.332 e. The van der Waals surface area contributed by atoms with Crippen LogP contribution < -0.4 is 10.6 Å². The molecule has 0 saturated heterocycles. The van der Waals surface area contributed by atoms with Gasteiger partial charge in [-0.05, 0) is 63.2 Å². The van der Waals surface area contributed by atoms with Crippen molar-refractivity contribution in [3.05, 3.63) is 5.82 Å². The van der Waals surface area contributed by atoms with Crippen LogP contribution in [-0.4, -0.2) is 26.8 Å². The first kappa shape index (κ1) is 12.2. The number of H-pyrrole nitrogens is 1. The van der Waals surface area contributed by atoms with Gasteiger partial charge in [-0.15, -0.1) is 5.10 Å². The highest BCUT2D eigenvalue weighted by Gasteiger charge is 2.51. The lowest BCUT2D eigenvalue weighted by Gasteiger charge is -2.56.